The van der Waals surface area contributed by atoms with Crippen LogP contribution in [-0.2, 0) is 0 Å². The predicted octanol–water partition coefficient (Wildman–Crippen LogP) is 2.59. The summed E-state index contributed by atoms with van der Waals surface area (Å²) in [5, 5.41) is 15.5. The van der Waals surface area contributed by atoms with E-state index in [-0.39, 0.29) is 0 Å². The molecule has 106 valence electrons. The first-order valence-corrected chi connectivity index (χ1v) is 7.29. The largest absolute Gasteiger partial charge is 0.352 e. The Bertz CT molecular complexity index is 765. The van der Waals surface area contributed by atoms with Crippen LogP contribution < -0.4 is 4.90 Å². The molecule has 5 heteroatoms. The molecule has 2 aromatic heterocycles. The summed E-state index contributed by atoms with van der Waals surface area (Å²) in [7, 11) is 0. The quantitative estimate of drug-likeness (QED) is 0.723. The third kappa shape index (κ3) is 2.05. The van der Waals surface area contributed by atoms with E-state index in [0.717, 1.165) is 31.0 Å². The summed E-state index contributed by atoms with van der Waals surface area (Å²) in [5.41, 5.74) is 0.983. The summed E-state index contributed by atoms with van der Waals surface area (Å²) < 4.78 is 2.05. The maximum Gasteiger partial charge on any atom is 0.159 e. The summed E-state index contributed by atoms with van der Waals surface area (Å²) >= 11 is 0. The van der Waals surface area contributed by atoms with Crippen LogP contribution in [0.25, 0.3) is 10.8 Å². The molecule has 1 aliphatic heterocycles. The maximum atomic E-state index is 4.45. The van der Waals surface area contributed by atoms with Crippen LogP contribution >= 0.6 is 0 Å². The second kappa shape index (κ2) is 4.84. The van der Waals surface area contributed by atoms with E-state index in [0.29, 0.717) is 6.04 Å². The van der Waals surface area contributed by atoms with Gasteiger partial charge in [-0.2, -0.15) is 10.2 Å². The van der Waals surface area contributed by atoms with Crippen LogP contribution in [0.4, 0.5) is 5.82 Å². The number of hydrogen-bond acceptors (Lipinski definition) is 4. The Morgan fingerprint density at radius 1 is 1.10 bits per heavy atom. The fourth-order valence-electron chi connectivity index (χ4n) is 3.10. The van der Waals surface area contributed by atoms with Crippen molar-refractivity contribution in [2.24, 2.45) is 0 Å². The van der Waals surface area contributed by atoms with Gasteiger partial charge in [-0.05, 0) is 19.4 Å². The minimum Gasteiger partial charge on any atom is -0.352 e. The van der Waals surface area contributed by atoms with E-state index in [9.17, 15) is 0 Å². The van der Waals surface area contributed by atoms with Crippen molar-refractivity contribution < 1.29 is 0 Å². The lowest BCUT2D eigenvalue weighted by atomic mass is 10.1. The monoisotopic (exact) mass is 279 g/mol. The molecule has 0 aliphatic carbocycles. The number of aryl methyl sites for hydroxylation is 1. The van der Waals surface area contributed by atoms with Crippen LogP contribution in [0.2, 0.25) is 0 Å². The average molecular weight is 279 g/mol. The topological polar surface area (TPSA) is 46.8 Å². The van der Waals surface area contributed by atoms with E-state index in [1.165, 1.54) is 10.8 Å². The summed E-state index contributed by atoms with van der Waals surface area (Å²) in [5.74, 6) is 0.992. The van der Waals surface area contributed by atoms with Gasteiger partial charge in [-0.25, -0.2) is 0 Å². The standard InChI is InChI=1S/C16H17N5/c1-12-14-5-2-3-6-15(14)16(19-18-12)20-10-7-13(11-20)21-9-4-8-17-21/h2-6,8-9,13H,7,10-11H2,1H3. The van der Waals surface area contributed by atoms with Crippen molar-refractivity contribution >= 4 is 16.6 Å². The van der Waals surface area contributed by atoms with Crippen molar-refractivity contribution in [2.75, 3.05) is 18.0 Å². The summed E-state index contributed by atoms with van der Waals surface area (Å²) in [4.78, 5) is 2.32. The number of hydrogen-bond donors (Lipinski definition) is 0. The molecule has 0 N–H and O–H groups in total. The summed E-state index contributed by atoms with van der Waals surface area (Å²) in [6, 6.07) is 10.8. The van der Waals surface area contributed by atoms with Crippen LogP contribution in [0.15, 0.2) is 42.7 Å². The van der Waals surface area contributed by atoms with E-state index in [1.807, 2.05) is 30.1 Å². The molecule has 0 saturated carbocycles. The molecule has 1 aromatic carbocycles. The van der Waals surface area contributed by atoms with Gasteiger partial charge in [0.2, 0.25) is 0 Å². The minimum atomic E-state index is 0.418. The van der Waals surface area contributed by atoms with Gasteiger partial charge >= 0.3 is 0 Å². The van der Waals surface area contributed by atoms with Crippen LogP contribution in [0, 0.1) is 6.92 Å². The van der Waals surface area contributed by atoms with Crippen molar-refractivity contribution in [3.05, 3.63) is 48.4 Å². The molecule has 1 atom stereocenters. The van der Waals surface area contributed by atoms with Crippen molar-refractivity contribution in [2.45, 2.75) is 19.4 Å². The summed E-state index contributed by atoms with van der Waals surface area (Å²) in [6.07, 6.45) is 4.96. The fourth-order valence-corrected chi connectivity index (χ4v) is 3.10. The van der Waals surface area contributed by atoms with Crippen LogP contribution in [0.5, 0.6) is 0 Å². The molecule has 1 saturated heterocycles. The molecule has 4 rings (SSSR count). The van der Waals surface area contributed by atoms with Crippen LogP contribution in [0.3, 0.4) is 0 Å². The van der Waals surface area contributed by atoms with E-state index < -0.39 is 0 Å². The lowest BCUT2D eigenvalue weighted by molar-refractivity contribution is 0.494. The Labute approximate surface area is 123 Å². The number of rotatable bonds is 2. The van der Waals surface area contributed by atoms with Gasteiger partial charge in [0.1, 0.15) is 0 Å². The number of benzene rings is 1. The molecule has 1 fully saturated rings. The Balaban J connectivity index is 1.70. The molecular weight excluding hydrogens is 262 g/mol. The Morgan fingerprint density at radius 2 is 1.95 bits per heavy atom. The predicted molar refractivity (Wildman–Crippen MR) is 82.4 cm³/mol. The number of aromatic nitrogens is 4. The number of nitrogens with zero attached hydrogens (tertiary/aromatic N) is 5. The van der Waals surface area contributed by atoms with E-state index in [1.54, 1.807) is 0 Å². The van der Waals surface area contributed by atoms with Crippen LogP contribution in [-0.4, -0.2) is 33.1 Å². The second-order valence-electron chi connectivity index (χ2n) is 5.53. The molecule has 3 aromatic rings. The molecule has 1 unspecified atom stereocenters. The molecule has 5 nitrogen and oxygen atoms in total. The average Bonchev–Trinajstić information content (AvgIpc) is 3.19. The van der Waals surface area contributed by atoms with Crippen LogP contribution in [0.1, 0.15) is 18.2 Å². The van der Waals surface area contributed by atoms with Gasteiger partial charge in [0.15, 0.2) is 5.82 Å². The van der Waals surface area contributed by atoms with Gasteiger partial charge in [-0.3, -0.25) is 4.68 Å². The normalized spacial score (nSPS) is 18.5. The first-order chi connectivity index (χ1) is 10.3. The minimum absolute atomic E-state index is 0.418. The fraction of sp³-hybridized carbons (Fsp3) is 0.312. The van der Waals surface area contributed by atoms with Crippen molar-refractivity contribution in [3.63, 3.8) is 0 Å². The molecule has 0 amide bonds. The highest BCUT2D eigenvalue weighted by Crippen LogP contribution is 2.30. The zero-order chi connectivity index (χ0) is 14.2. The van der Waals surface area contributed by atoms with Crippen molar-refractivity contribution in [1.29, 1.82) is 0 Å². The molecule has 0 spiro atoms. The van der Waals surface area contributed by atoms with E-state index in [2.05, 4.69) is 44.5 Å². The number of fused-ring (bicyclic) bond motifs is 1. The highest BCUT2D eigenvalue weighted by molar-refractivity contribution is 5.93. The lowest BCUT2D eigenvalue weighted by Gasteiger charge is -2.19. The highest BCUT2D eigenvalue weighted by Gasteiger charge is 2.26. The third-order valence-corrected chi connectivity index (χ3v) is 4.21. The Kier molecular flexibility index (Phi) is 2.84. The van der Waals surface area contributed by atoms with E-state index in [4.69, 9.17) is 0 Å². The molecule has 0 bridgehead atoms. The number of anilines is 1. The first kappa shape index (κ1) is 12.3. The van der Waals surface area contributed by atoms with Gasteiger partial charge in [-0.15, -0.1) is 5.10 Å². The third-order valence-electron chi connectivity index (χ3n) is 4.21. The van der Waals surface area contributed by atoms with Gasteiger partial charge in [0.05, 0.1) is 11.7 Å². The van der Waals surface area contributed by atoms with Gasteiger partial charge < -0.3 is 4.90 Å². The highest BCUT2D eigenvalue weighted by atomic mass is 15.3. The van der Waals surface area contributed by atoms with Gasteiger partial charge in [-0.1, -0.05) is 24.3 Å². The Hall–Kier alpha value is -2.43. The van der Waals surface area contributed by atoms with Crippen molar-refractivity contribution in [3.8, 4) is 0 Å². The Morgan fingerprint density at radius 3 is 2.76 bits per heavy atom. The molecular formula is C16H17N5. The lowest BCUT2D eigenvalue weighted by Crippen LogP contribution is -2.22. The zero-order valence-electron chi connectivity index (χ0n) is 12.0. The second-order valence-corrected chi connectivity index (χ2v) is 5.53. The maximum absolute atomic E-state index is 4.45. The van der Waals surface area contributed by atoms with E-state index >= 15 is 0 Å². The van der Waals surface area contributed by atoms with Gasteiger partial charge in [0, 0.05) is 36.3 Å². The molecule has 0 radical (unpaired) electrons. The zero-order valence-corrected chi connectivity index (χ0v) is 12.0. The first-order valence-electron chi connectivity index (χ1n) is 7.29. The van der Waals surface area contributed by atoms with Gasteiger partial charge in [0.25, 0.3) is 0 Å². The SMILES string of the molecule is Cc1nnc(N2CCC(n3cccn3)C2)c2ccccc12. The smallest absolute Gasteiger partial charge is 0.159 e. The molecule has 21 heavy (non-hydrogen) atoms. The molecule has 1 aliphatic rings. The van der Waals surface area contributed by atoms with Crippen molar-refractivity contribution in [1.82, 2.24) is 20.0 Å². The molecule has 3 heterocycles. The summed E-state index contributed by atoms with van der Waals surface area (Å²) in [6.45, 7) is 3.94.